The van der Waals surface area contributed by atoms with Gasteiger partial charge in [-0.05, 0) is 68.3 Å². The molecular formula is C27H38F6O6S2. The molecule has 0 aromatic heterocycles. The topological polar surface area (TPSA) is 97.7 Å². The molecule has 0 aromatic carbocycles. The van der Waals surface area contributed by atoms with E-state index in [-0.39, 0.29) is 17.8 Å². The summed E-state index contributed by atoms with van der Waals surface area (Å²) in [5, 5.41) is -13.5. The molecule has 0 aliphatic heterocycles. The normalized spacial score (nSPS) is 25.7. The van der Waals surface area contributed by atoms with Crippen LogP contribution in [0.1, 0.15) is 103 Å². The van der Waals surface area contributed by atoms with Gasteiger partial charge in [0.1, 0.15) is 5.76 Å². The molecule has 1 atom stereocenters. The van der Waals surface area contributed by atoms with Crippen LogP contribution in [0, 0.1) is 23.7 Å². The van der Waals surface area contributed by atoms with E-state index in [0.29, 0.717) is 37.7 Å². The maximum atomic E-state index is 14.9. The first-order chi connectivity index (χ1) is 19.0. The average molecular weight is 637 g/mol. The van der Waals surface area contributed by atoms with Crippen molar-refractivity contribution in [3.8, 4) is 0 Å². The Kier molecular flexibility index (Phi) is 9.56. The molecule has 0 saturated heterocycles. The lowest BCUT2D eigenvalue weighted by Gasteiger charge is -2.40. The van der Waals surface area contributed by atoms with Crippen molar-refractivity contribution in [2.75, 3.05) is 0 Å². The third-order valence-electron chi connectivity index (χ3n) is 9.38. The van der Waals surface area contributed by atoms with Gasteiger partial charge in [0.2, 0.25) is 0 Å². The van der Waals surface area contributed by atoms with Crippen molar-refractivity contribution >= 4 is 20.2 Å². The molecule has 0 bridgehead atoms. The molecule has 0 heterocycles. The molecule has 3 fully saturated rings. The quantitative estimate of drug-likeness (QED) is 0.157. The number of allylic oxidation sites excluding steroid dienone is 4. The Morgan fingerprint density at radius 2 is 1.15 bits per heavy atom. The molecule has 1 unspecified atom stereocenters. The summed E-state index contributed by atoms with van der Waals surface area (Å²) in [6.07, 6.45) is 14.5. The third kappa shape index (κ3) is 6.21. The number of rotatable bonds is 9. The predicted octanol–water partition coefficient (Wildman–Crippen LogP) is 7.98. The molecule has 41 heavy (non-hydrogen) atoms. The second-order valence-electron chi connectivity index (χ2n) is 12.0. The Balaban J connectivity index is 1.83. The summed E-state index contributed by atoms with van der Waals surface area (Å²) < 4.78 is 147. The SMILES string of the molecule is O=S(=O)(O)C(F)(F)C(F)(F)C(F)(F)S(=O)(=O)OC1=C(C2CCCCC2)C=C(C2CCCCC2)CC1C1CCCCC1. The molecule has 0 radical (unpaired) electrons. The molecule has 4 rings (SSSR count). The van der Waals surface area contributed by atoms with Gasteiger partial charge in [0.25, 0.3) is 0 Å². The number of alkyl halides is 6. The van der Waals surface area contributed by atoms with Crippen LogP contribution >= 0.6 is 0 Å². The van der Waals surface area contributed by atoms with Gasteiger partial charge in [-0.15, -0.1) is 0 Å². The lowest BCUT2D eigenvalue weighted by molar-refractivity contribution is -0.247. The highest BCUT2D eigenvalue weighted by atomic mass is 32.2. The van der Waals surface area contributed by atoms with Crippen molar-refractivity contribution < 1.29 is 51.9 Å². The van der Waals surface area contributed by atoms with Crippen LogP contribution in [-0.4, -0.2) is 37.8 Å². The van der Waals surface area contributed by atoms with Crippen LogP contribution in [-0.2, 0) is 24.4 Å². The van der Waals surface area contributed by atoms with Crippen molar-refractivity contribution in [2.24, 2.45) is 23.7 Å². The van der Waals surface area contributed by atoms with Crippen molar-refractivity contribution in [1.82, 2.24) is 0 Å². The highest BCUT2D eigenvalue weighted by molar-refractivity contribution is 7.88. The monoisotopic (exact) mass is 636 g/mol. The van der Waals surface area contributed by atoms with Crippen LogP contribution < -0.4 is 0 Å². The Bertz CT molecular complexity index is 1230. The van der Waals surface area contributed by atoms with E-state index in [4.69, 9.17) is 8.74 Å². The van der Waals surface area contributed by atoms with Crippen molar-refractivity contribution in [1.29, 1.82) is 0 Å². The van der Waals surface area contributed by atoms with Gasteiger partial charge in [-0.1, -0.05) is 69.4 Å². The molecule has 3 saturated carbocycles. The van der Waals surface area contributed by atoms with Gasteiger partial charge in [0, 0.05) is 5.92 Å². The van der Waals surface area contributed by atoms with Crippen LogP contribution in [0.3, 0.4) is 0 Å². The fraction of sp³-hybridized carbons (Fsp3) is 0.852. The van der Waals surface area contributed by atoms with E-state index in [2.05, 4.69) is 0 Å². The van der Waals surface area contributed by atoms with Gasteiger partial charge in [0.05, 0.1) is 0 Å². The molecule has 0 aromatic rings. The Hall–Kier alpha value is -1.28. The van der Waals surface area contributed by atoms with Crippen molar-refractivity contribution in [2.45, 2.75) is 119 Å². The number of halogens is 6. The second kappa shape index (κ2) is 12.0. The Morgan fingerprint density at radius 3 is 1.63 bits per heavy atom. The molecule has 236 valence electrons. The number of hydrogen-bond donors (Lipinski definition) is 1. The minimum Gasteiger partial charge on any atom is -0.382 e. The lowest BCUT2D eigenvalue weighted by Crippen LogP contribution is -2.60. The van der Waals surface area contributed by atoms with Crippen LogP contribution in [0.4, 0.5) is 26.3 Å². The standard InChI is InChI=1S/C27H38F6O6S2/c28-25(29,26(30,31)40(34,35)36)27(32,33)41(37,38)39-24-22(19-12-6-2-7-13-19)16-21(18-10-4-1-5-11-18)17-23(24)20-14-8-3-9-15-20/h16,18-20,23H,1-15,17H2,(H,34,35,36). The summed E-state index contributed by atoms with van der Waals surface area (Å²) in [5.41, 5.74) is 1.40. The average Bonchev–Trinajstić information content (AvgIpc) is 2.93. The Morgan fingerprint density at radius 1 is 0.683 bits per heavy atom. The zero-order valence-electron chi connectivity index (χ0n) is 22.8. The fourth-order valence-electron chi connectivity index (χ4n) is 7.07. The van der Waals surface area contributed by atoms with E-state index in [1.165, 1.54) is 0 Å². The van der Waals surface area contributed by atoms with Crippen molar-refractivity contribution in [3.05, 3.63) is 23.0 Å². The molecule has 4 aliphatic rings. The molecule has 0 amide bonds. The highest BCUT2D eigenvalue weighted by Crippen LogP contribution is 2.54. The van der Waals surface area contributed by atoms with E-state index in [0.717, 1.165) is 76.2 Å². The summed E-state index contributed by atoms with van der Waals surface area (Å²) >= 11 is 0. The largest absolute Gasteiger partial charge is 0.450 e. The van der Waals surface area contributed by atoms with Gasteiger partial charge in [-0.2, -0.15) is 43.2 Å². The second-order valence-corrected chi connectivity index (χ2v) is 15.1. The predicted molar refractivity (Wildman–Crippen MR) is 139 cm³/mol. The van der Waals surface area contributed by atoms with Crippen LogP contribution in [0.15, 0.2) is 23.0 Å². The first-order valence-electron chi connectivity index (χ1n) is 14.5. The van der Waals surface area contributed by atoms with E-state index in [1.807, 2.05) is 0 Å². The van der Waals surface area contributed by atoms with Gasteiger partial charge >= 0.3 is 36.7 Å². The summed E-state index contributed by atoms with van der Waals surface area (Å²) in [5.74, 6) is -8.42. The minimum absolute atomic E-state index is 0.187. The maximum Gasteiger partial charge on any atom is 0.450 e. The van der Waals surface area contributed by atoms with E-state index >= 15 is 0 Å². The van der Waals surface area contributed by atoms with Crippen LogP contribution in [0.2, 0.25) is 0 Å². The fourth-order valence-corrected chi connectivity index (χ4v) is 8.59. The van der Waals surface area contributed by atoms with E-state index in [9.17, 15) is 43.2 Å². The maximum absolute atomic E-state index is 14.9. The summed E-state index contributed by atoms with van der Waals surface area (Å²) in [4.78, 5) is 0. The third-order valence-corrected chi connectivity index (χ3v) is 11.6. The summed E-state index contributed by atoms with van der Waals surface area (Å²) in [6, 6.07) is 0. The van der Waals surface area contributed by atoms with Gasteiger partial charge in [0.15, 0.2) is 0 Å². The van der Waals surface area contributed by atoms with Gasteiger partial charge in [-0.3, -0.25) is 4.55 Å². The lowest BCUT2D eigenvalue weighted by atomic mass is 9.68. The first-order valence-corrected chi connectivity index (χ1v) is 17.3. The highest BCUT2D eigenvalue weighted by Gasteiger charge is 2.83. The molecule has 1 N–H and O–H groups in total. The van der Waals surface area contributed by atoms with Crippen LogP contribution in [0.25, 0.3) is 0 Å². The number of hydrogen-bond acceptors (Lipinski definition) is 5. The summed E-state index contributed by atoms with van der Waals surface area (Å²) in [6.45, 7) is 0. The minimum atomic E-state index is -7.12. The first kappa shape index (κ1) is 32.6. The van der Waals surface area contributed by atoms with Gasteiger partial charge < -0.3 is 4.18 Å². The smallest absolute Gasteiger partial charge is 0.382 e. The Labute approximate surface area is 237 Å². The van der Waals surface area contributed by atoms with E-state index in [1.54, 1.807) is 6.08 Å². The zero-order chi connectivity index (χ0) is 30.3. The molecule has 6 nitrogen and oxygen atoms in total. The molecule has 0 spiro atoms. The molecular weight excluding hydrogens is 598 g/mol. The van der Waals surface area contributed by atoms with Gasteiger partial charge in [-0.25, -0.2) is 0 Å². The zero-order valence-corrected chi connectivity index (χ0v) is 24.4. The molecule has 14 heteroatoms. The van der Waals surface area contributed by atoms with Crippen molar-refractivity contribution in [3.63, 3.8) is 0 Å². The molecule has 4 aliphatic carbocycles. The summed E-state index contributed by atoms with van der Waals surface area (Å²) in [7, 11) is -14.0. The van der Waals surface area contributed by atoms with E-state index < -0.39 is 48.3 Å². The van der Waals surface area contributed by atoms with Crippen LogP contribution in [0.5, 0.6) is 0 Å².